The first-order valence-electron chi connectivity index (χ1n) is 7.54. The van der Waals surface area contributed by atoms with Crippen LogP contribution in [0.5, 0.6) is 0 Å². The standard InChI is InChI=1S/C16H25N3O/c1-12(17-2)14-10-6-7-11-15(14)19-16(20)18-13-8-4-3-5-9-13/h6-7,10-13,17H,3-5,8-9H2,1-2H3,(H2,18,19,20). The maximum atomic E-state index is 12.1. The molecule has 0 saturated heterocycles. The van der Waals surface area contributed by atoms with Crippen molar-refractivity contribution < 1.29 is 4.79 Å². The smallest absolute Gasteiger partial charge is 0.319 e. The van der Waals surface area contributed by atoms with Crippen molar-refractivity contribution in [1.82, 2.24) is 10.6 Å². The first-order valence-corrected chi connectivity index (χ1v) is 7.54. The molecular weight excluding hydrogens is 250 g/mol. The summed E-state index contributed by atoms with van der Waals surface area (Å²) in [5, 5.41) is 9.27. The molecule has 0 bridgehead atoms. The zero-order valence-corrected chi connectivity index (χ0v) is 12.4. The van der Waals surface area contributed by atoms with Crippen molar-refractivity contribution in [3.8, 4) is 0 Å². The molecule has 1 aliphatic rings. The highest BCUT2D eigenvalue weighted by atomic mass is 16.2. The van der Waals surface area contributed by atoms with Gasteiger partial charge in [0.25, 0.3) is 0 Å². The maximum Gasteiger partial charge on any atom is 0.319 e. The lowest BCUT2D eigenvalue weighted by Gasteiger charge is -2.23. The Labute approximate surface area is 121 Å². The van der Waals surface area contributed by atoms with E-state index in [1.54, 1.807) is 0 Å². The van der Waals surface area contributed by atoms with Gasteiger partial charge in [-0.05, 0) is 38.4 Å². The van der Waals surface area contributed by atoms with Gasteiger partial charge in [-0.1, -0.05) is 37.5 Å². The molecule has 4 heteroatoms. The van der Waals surface area contributed by atoms with Gasteiger partial charge < -0.3 is 16.0 Å². The third-order valence-electron chi connectivity index (χ3n) is 4.05. The van der Waals surface area contributed by atoms with Crippen LogP contribution in [0.4, 0.5) is 10.5 Å². The summed E-state index contributed by atoms with van der Waals surface area (Å²) in [6, 6.07) is 8.38. The summed E-state index contributed by atoms with van der Waals surface area (Å²) in [4.78, 5) is 12.1. The fourth-order valence-corrected chi connectivity index (χ4v) is 2.73. The van der Waals surface area contributed by atoms with Gasteiger partial charge in [-0.2, -0.15) is 0 Å². The molecule has 2 rings (SSSR count). The number of anilines is 1. The summed E-state index contributed by atoms with van der Waals surface area (Å²) < 4.78 is 0. The van der Waals surface area contributed by atoms with E-state index in [0.29, 0.717) is 6.04 Å². The third kappa shape index (κ3) is 3.97. The van der Waals surface area contributed by atoms with Gasteiger partial charge in [-0.15, -0.1) is 0 Å². The Hall–Kier alpha value is -1.55. The summed E-state index contributed by atoms with van der Waals surface area (Å²) in [6.45, 7) is 2.08. The largest absolute Gasteiger partial charge is 0.335 e. The van der Waals surface area contributed by atoms with Crippen LogP contribution >= 0.6 is 0 Å². The second kappa shape index (κ2) is 7.29. The second-order valence-electron chi connectivity index (χ2n) is 5.53. The average molecular weight is 275 g/mol. The predicted molar refractivity (Wildman–Crippen MR) is 82.9 cm³/mol. The lowest BCUT2D eigenvalue weighted by atomic mass is 9.96. The van der Waals surface area contributed by atoms with Gasteiger partial charge in [-0.25, -0.2) is 4.79 Å². The summed E-state index contributed by atoms with van der Waals surface area (Å²) in [7, 11) is 1.92. The van der Waals surface area contributed by atoms with Crippen LogP contribution in [0.15, 0.2) is 24.3 Å². The van der Waals surface area contributed by atoms with Gasteiger partial charge in [0.2, 0.25) is 0 Å². The number of hydrogen-bond donors (Lipinski definition) is 3. The van der Waals surface area contributed by atoms with Crippen LogP contribution < -0.4 is 16.0 Å². The Balaban J connectivity index is 1.96. The zero-order valence-electron chi connectivity index (χ0n) is 12.4. The first kappa shape index (κ1) is 14.9. The van der Waals surface area contributed by atoms with Crippen molar-refractivity contribution >= 4 is 11.7 Å². The molecule has 20 heavy (non-hydrogen) atoms. The molecule has 110 valence electrons. The van der Waals surface area contributed by atoms with E-state index in [-0.39, 0.29) is 12.1 Å². The molecule has 1 unspecified atom stereocenters. The first-order chi connectivity index (χ1) is 9.70. The summed E-state index contributed by atoms with van der Waals surface area (Å²) >= 11 is 0. The third-order valence-corrected chi connectivity index (χ3v) is 4.05. The SMILES string of the molecule is CNC(C)c1ccccc1NC(=O)NC1CCCCC1. The highest BCUT2D eigenvalue weighted by Crippen LogP contribution is 2.22. The van der Waals surface area contributed by atoms with Crippen LogP contribution in [0.1, 0.15) is 50.6 Å². The number of nitrogens with one attached hydrogen (secondary N) is 3. The van der Waals surface area contributed by atoms with E-state index in [1.165, 1.54) is 19.3 Å². The topological polar surface area (TPSA) is 53.2 Å². The van der Waals surface area contributed by atoms with Crippen molar-refractivity contribution in [3.63, 3.8) is 0 Å². The van der Waals surface area contributed by atoms with Crippen LogP contribution in [-0.4, -0.2) is 19.1 Å². The number of amides is 2. The Kier molecular flexibility index (Phi) is 5.41. The van der Waals surface area contributed by atoms with E-state index >= 15 is 0 Å². The van der Waals surface area contributed by atoms with Gasteiger partial charge in [0.05, 0.1) is 0 Å². The van der Waals surface area contributed by atoms with Gasteiger partial charge in [0.15, 0.2) is 0 Å². The molecule has 4 nitrogen and oxygen atoms in total. The maximum absolute atomic E-state index is 12.1. The average Bonchev–Trinajstić information content (AvgIpc) is 2.48. The molecule has 0 heterocycles. The zero-order chi connectivity index (χ0) is 14.4. The van der Waals surface area contributed by atoms with E-state index in [0.717, 1.165) is 24.1 Å². The summed E-state index contributed by atoms with van der Waals surface area (Å²) in [5.74, 6) is 0. The molecule has 1 fully saturated rings. The normalized spacial score (nSPS) is 17.5. The highest BCUT2D eigenvalue weighted by Gasteiger charge is 2.16. The van der Waals surface area contributed by atoms with Crippen molar-refractivity contribution in [2.24, 2.45) is 0 Å². The molecule has 1 aromatic carbocycles. The van der Waals surface area contributed by atoms with Crippen molar-refractivity contribution in [1.29, 1.82) is 0 Å². The van der Waals surface area contributed by atoms with Crippen molar-refractivity contribution in [3.05, 3.63) is 29.8 Å². The fourth-order valence-electron chi connectivity index (χ4n) is 2.73. The predicted octanol–water partition coefficient (Wildman–Crippen LogP) is 3.42. The van der Waals surface area contributed by atoms with Gasteiger partial charge in [0, 0.05) is 17.8 Å². The second-order valence-corrected chi connectivity index (χ2v) is 5.53. The highest BCUT2D eigenvalue weighted by molar-refractivity contribution is 5.90. The number of carbonyl (C=O) groups is 1. The van der Waals surface area contributed by atoms with E-state index in [2.05, 4.69) is 22.9 Å². The molecule has 3 N–H and O–H groups in total. The number of hydrogen-bond acceptors (Lipinski definition) is 2. The van der Waals surface area contributed by atoms with Crippen LogP contribution in [0, 0.1) is 0 Å². The van der Waals surface area contributed by atoms with Crippen LogP contribution in [0.3, 0.4) is 0 Å². The molecule has 0 spiro atoms. The van der Waals surface area contributed by atoms with E-state index in [1.807, 2.05) is 31.3 Å². The minimum atomic E-state index is -0.0901. The molecule has 0 radical (unpaired) electrons. The Bertz CT molecular complexity index is 441. The molecule has 2 amide bonds. The molecule has 0 aromatic heterocycles. The number of para-hydroxylation sites is 1. The summed E-state index contributed by atoms with van der Waals surface area (Å²) in [6.07, 6.45) is 5.93. The quantitative estimate of drug-likeness (QED) is 0.788. The molecule has 1 atom stereocenters. The number of rotatable bonds is 4. The fraction of sp³-hybridized carbons (Fsp3) is 0.562. The molecule has 1 aliphatic carbocycles. The van der Waals surface area contributed by atoms with Crippen LogP contribution in [0.2, 0.25) is 0 Å². The van der Waals surface area contributed by atoms with Crippen LogP contribution in [-0.2, 0) is 0 Å². The monoisotopic (exact) mass is 275 g/mol. The number of carbonyl (C=O) groups excluding carboxylic acids is 1. The molecule has 1 aromatic rings. The minimum Gasteiger partial charge on any atom is -0.335 e. The lowest BCUT2D eigenvalue weighted by molar-refractivity contribution is 0.244. The Morgan fingerprint density at radius 3 is 2.60 bits per heavy atom. The van der Waals surface area contributed by atoms with E-state index in [4.69, 9.17) is 0 Å². The Morgan fingerprint density at radius 1 is 1.20 bits per heavy atom. The van der Waals surface area contributed by atoms with E-state index in [9.17, 15) is 4.79 Å². The Morgan fingerprint density at radius 2 is 1.90 bits per heavy atom. The minimum absolute atomic E-state index is 0.0901. The lowest BCUT2D eigenvalue weighted by Crippen LogP contribution is -2.39. The molecule has 1 saturated carbocycles. The van der Waals surface area contributed by atoms with Crippen LogP contribution in [0.25, 0.3) is 0 Å². The van der Waals surface area contributed by atoms with Crippen molar-refractivity contribution in [2.45, 2.75) is 51.1 Å². The van der Waals surface area contributed by atoms with Gasteiger partial charge >= 0.3 is 6.03 Å². The number of benzene rings is 1. The molecular formula is C16H25N3O. The van der Waals surface area contributed by atoms with Crippen molar-refractivity contribution in [2.75, 3.05) is 12.4 Å². The van der Waals surface area contributed by atoms with Gasteiger partial charge in [-0.3, -0.25) is 0 Å². The summed E-state index contributed by atoms with van der Waals surface area (Å²) in [5.41, 5.74) is 1.98. The molecule has 0 aliphatic heterocycles. The van der Waals surface area contributed by atoms with Gasteiger partial charge in [0.1, 0.15) is 0 Å². The number of urea groups is 1. The van der Waals surface area contributed by atoms with E-state index < -0.39 is 0 Å².